The molecule has 3 heterocycles. The number of hydrogen-bond donors (Lipinski definition) is 0. The largest absolute Gasteiger partial charge is 0.376 e. The Labute approximate surface area is 178 Å². The molecule has 2 aromatic heterocycles. The summed E-state index contributed by atoms with van der Waals surface area (Å²) in [5.74, 6) is 2.14. The van der Waals surface area contributed by atoms with Gasteiger partial charge in [0.15, 0.2) is 0 Å². The summed E-state index contributed by atoms with van der Waals surface area (Å²) in [6.45, 7) is 4.85. The van der Waals surface area contributed by atoms with E-state index in [4.69, 9.17) is 4.74 Å². The lowest BCUT2D eigenvalue weighted by Gasteiger charge is -2.37. The average molecular weight is 415 g/mol. The van der Waals surface area contributed by atoms with Crippen LogP contribution in [0.3, 0.4) is 0 Å². The van der Waals surface area contributed by atoms with Gasteiger partial charge in [0.1, 0.15) is 0 Å². The number of fused-ring (bicyclic) bond motifs is 1. The summed E-state index contributed by atoms with van der Waals surface area (Å²) in [6.07, 6.45) is 9.26. The lowest BCUT2D eigenvalue weighted by Crippen LogP contribution is -2.38. The van der Waals surface area contributed by atoms with Crippen LogP contribution >= 0.6 is 0 Å². The molecule has 164 valence electrons. The van der Waals surface area contributed by atoms with E-state index in [1.54, 1.807) is 4.68 Å². The smallest absolute Gasteiger partial charge is 0.0967 e. The van der Waals surface area contributed by atoms with Crippen molar-refractivity contribution < 1.29 is 4.74 Å². The van der Waals surface area contributed by atoms with Crippen LogP contribution in [-0.4, -0.2) is 79.7 Å². The van der Waals surface area contributed by atoms with Crippen LogP contribution in [0.5, 0.6) is 0 Å². The van der Waals surface area contributed by atoms with Gasteiger partial charge in [0.25, 0.3) is 0 Å². The molecule has 2 aliphatic carbocycles. The lowest BCUT2D eigenvalue weighted by atomic mass is 9.77. The molecule has 5 rings (SSSR count). The lowest BCUT2D eigenvalue weighted by molar-refractivity contribution is -0.0375. The molecule has 9 nitrogen and oxygen atoms in total. The van der Waals surface area contributed by atoms with Gasteiger partial charge in [-0.3, -0.25) is 9.58 Å². The molecule has 0 unspecified atom stereocenters. The molecule has 2 saturated carbocycles. The second-order valence-electron chi connectivity index (χ2n) is 9.88. The number of aromatic nitrogens is 6. The standard InChI is InChI=1S/C21H34N8O/c1-26(2)10-18-13-29(25-23-18)20-6-16-8-28(12-19-11-27(3)24-22-19)9-17(16)7-21(20)30-14-15-4-5-15/h11,13,15-17,20-21H,4-10,12,14H2,1-3H3/t16-,17+,20-,21-/m1/s1. The summed E-state index contributed by atoms with van der Waals surface area (Å²) < 4.78 is 10.4. The van der Waals surface area contributed by atoms with E-state index in [1.807, 2.05) is 13.2 Å². The van der Waals surface area contributed by atoms with E-state index >= 15 is 0 Å². The van der Waals surface area contributed by atoms with E-state index in [9.17, 15) is 0 Å². The molecule has 3 aliphatic rings. The summed E-state index contributed by atoms with van der Waals surface area (Å²) in [6, 6.07) is 0.282. The molecule has 1 saturated heterocycles. The van der Waals surface area contributed by atoms with Crippen LogP contribution in [0.4, 0.5) is 0 Å². The minimum absolute atomic E-state index is 0.234. The molecule has 0 amide bonds. The van der Waals surface area contributed by atoms with Crippen molar-refractivity contribution in [1.29, 1.82) is 0 Å². The van der Waals surface area contributed by atoms with E-state index in [-0.39, 0.29) is 12.1 Å². The first-order chi connectivity index (χ1) is 14.5. The first kappa shape index (κ1) is 20.1. The zero-order chi connectivity index (χ0) is 20.7. The summed E-state index contributed by atoms with van der Waals surface area (Å²) in [7, 11) is 6.06. The van der Waals surface area contributed by atoms with Crippen molar-refractivity contribution in [2.45, 2.75) is 50.9 Å². The van der Waals surface area contributed by atoms with E-state index in [0.717, 1.165) is 62.9 Å². The normalized spacial score (nSPS) is 29.6. The maximum absolute atomic E-state index is 6.49. The number of likely N-dealkylation sites (tertiary alicyclic amines) is 1. The molecule has 30 heavy (non-hydrogen) atoms. The average Bonchev–Trinajstić information content (AvgIpc) is 3.05. The highest BCUT2D eigenvalue weighted by Crippen LogP contribution is 2.43. The van der Waals surface area contributed by atoms with Gasteiger partial charge in [-0.2, -0.15) is 0 Å². The molecule has 2 aromatic rings. The third kappa shape index (κ3) is 4.58. The van der Waals surface area contributed by atoms with Crippen molar-refractivity contribution in [2.75, 3.05) is 33.8 Å². The van der Waals surface area contributed by atoms with Crippen molar-refractivity contribution in [2.24, 2.45) is 24.8 Å². The second-order valence-corrected chi connectivity index (χ2v) is 9.88. The van der Waals surface area contributed by atoms with Gasteiger partial charge in [0.2, 0.25) is 0 Å². The number of nitrogens with zero attached hydrogens (tertiary/aromatic N) is 8. The van der Waals surface area contributed by atoms with Crippen LogP contribution in [0.1, 0.15) is 43.1 Å². The van der Waals surface area contributed by atoms with Crippen LogP contribution in [0.15, 0.2) is 12.4 Å². The van der Waals surface area contributed by atoms with Gasteiger partial charge in [0, 0.05) is 46.0 Å². The molecular weight excluding hydrogens is 380 g/mol. The van der Waals surface area contributed by atoms with Crippen molar-refractivity contribution in [3.8, 4) is 0 Å². The summed E-state index contributed by atoms with van der Waals surface area (Å²) >= 11 is 0. The molecule has 0 bridgehead atoms. The van der Waals surface area contributed by atoms with Crippen LogP contribution in [0.25, 0.3) is 0 Å². The molecule has 0 aromatic carbocycles. The zero-order valence-electron chi connectivity index (χ0n) is 18.4. The van der Waals surface area contributed by atoms with E-state index in [0.29, 0.717) is 11.8 Å². The molecule has 3 fully saturated rings. The maximum atomic E-state index is 6.49. The monoisotopic (exact) mass is 414 g/mol. The van der Waals surface area contributed by atoms with Gasteiger partial charge in [-0.15, -0.1) is 10.2 Å². The van der Waals surface area contributed by atoms with Gasteiger partial charge in [0.05, 0.1) is 29.7 Å². The van der Waals surface area contributed by atoms with Crippen LogP contribution in [0, 0.1) is 17.8 Å². The van der Waals surface area contributed by atoms with Gasteiger partial charge in [-0.05, 0) is 57.5 Å². The van der Waals surface area contributed by atoms with E-state index in [1.165, 1.54) is 12.8 Å². The second kappa shape index (κ2) is 8.36. The van der Waals surface area contributed by atoms with Crippen LogP contribution in [-0.2, 0) is 24.9 Å². The third-order valence-electron chi connectivity index (χ3n) is 6.81. The molecule has 9 heteroatoms. The Balaban J connectivity index is 1.28. The molecule has 0 N–H and O–H groups in total. The van der Waals surface area contributed by atoms with Crippen LogP contribution < -0.4 is 0 Å². The summed E-state index contributed by atoms with van der Waals surface area (Å²) in [5.41, 5.74) is 2.08. The third-order valence-corrected chi connectivity index (χ3v) is 6.81. The topological polar surface area (TPSA) is 77.1 Å². The van der Waals surface area contributed by atoms with Crippen molar-refractivity contribution in [1.82, 2.24) is 39.8 Å². The predicted molar refractivity (Wildman–Crippen MR) is 111 cm³/mol. The van der Waals surface area contributed by atoms with Crippen LogP contribution in [0.2, 0.25) is 0 Å². The SMILES string of the molecule is CN(C)Cc1cn([C@@H]2C[C@@H]3CN(Cc4cn(C)nn4)C[C@@H]3C[C@H]2OCC2CC2)nn1. The minimum Gasteiger partial charge on any atom is -0.376 e. The Kier molecular flexibility index (Phi) is 5.59. The fourth-order valence-electron chi connectivity index (χ4n) is 5.19. The Morgan fingerprint density at radius 2 is 1.80 bits per heavy atom. The maximum Gasteiger partial charge on any atom is 0.0967 e. The van der Waals surface area contributed by atoms with Gasteiger partial charge >= 0.3 is 0 Å². The predicted octanol–water partition coefficient (Wildman–Crippen LogP) is 1.35. The van der Waals surface area contributed by atoms with Crippen molar-refractivity contribution >= 4 is 0 Å². The van der Waals surface area contributed by atoms with Crippen molar-refractivity contribution in [3.05, 3.63) is 23.8 Å². The Morgan fingerprint density at radius 3 is 2.50 bits per heavy atom. The van der Waals surface area contributed by atoms with E-state index < -0.39 is 0 Å². The Bertz CT molecular complexity index is 844. The number of hydrogen-bond acceptors (Lipinski definition) is 7. The van der Waals surface area contributed by atoms with E-state index in [2.05, 4.69) is 55.4 Å². The highest BCUT2D eigenvalue weighted by Gasteiger charge is 2.44. The number of aryl methyl sites for hydroxylation is 1. The van der Waals surface area contributed by atoms with Gasteiger partial charge in [-0.1, -0.05) is 10.4 Å². The Hall–Kier alpha value is -1.84. The van der Waals surface area contributed by atoms with Gasteiger partial charge < -0.3 is 9.64 Å². The first-order valence-corrected chi connectivity index (χ1v) is 11.3. The highest BCUT2D eigenvalue weighted by molar-refractivity contribution is 5.01. The molecular formula is C21H34N8O. The van der Waals surface area contributed by atoms with Gasteiger partial charge in [-0.25, -0.2) is 4.68 Å². The molecule has 4 atom stereocenters. The minimum atomic E-state index is 0.234. The number of ether oxygens (including phenoxy) is 1. The number of rotatable bonds is 8. The van der Waals surface area contributed by atoms with Crippen molar-refractivity contribution in [3.63, 3.8) is 0 Å². The molecule has 1 aliphatic heterocycles. The molecule has 0 spiro atoms. The quantitative estimate of drug-likeness (QED) is 0.645. The zero-order valence-corrected chi connectivity index (χ0v) is 18.4. The highest BCUT2D eigenvalue weighted by atomic mass is 16.5. The summed E-state index contributed by atoms with van der Waals surface area (Å²) in [4.78, 5) is 4.67. The fourth-order valence-corrected chi connectivity index (χ4v) is 5.19. The molecule has 0 radical (unpaired) electrons. The first-order valence-electron chi connectivity index (χ1n) is 11.3. The Morgan fingerprint density at radius 1 is 1.03 bits per heavy atom. The fraction of sp³-hybridized carbons (Fsp3) is 0.810. The summed E-state index contributed by atoms with van der Waals surface area (Å²) in [5, 5.41) is 17.3.